The lowest BCUT2D eigenvalue weighted by Crippen LogP contribution is -2.61. The summed E-state index contributed by atoms with van der Waals surface area (Å²) in [6.45, 7) is 5.58. The van der Waals surface area contributed by atoms with Gasteiger partial charge in [-0.05, 0) is 103 Å². The maximum absolute atomic E-state index is 13.1. The van der Waals surface area contributed by atoms with Crippen molar-refractivity contribution >= 4 is 23.9 Å². The van der Waals surface area contributed by atoms with Gasteiger partial charge in [0, 0.05) is 12.8 Å². The minimum Gasteiger partial charge on any atom is -0.479 e. The molecule has 12 heteroatoms. The Morgan fingerprint density at radius 3 is 1.40 bits per heavy atom. The highest BCUT2D eigenvalue weighted by molar-refractivity contribution is 5.74. The van der Waals surface area contributed by atoms with E-state index in [9.17, 15) is 34.5 Å². The van der Waals surface area contributed by atoms with E-state index in [1.807, 2.05) is 12.2 Å². The van der Waals surface area contributed by atoms with Crippen LogP contribution < -0.4 is 0 Å². The summed E-state index contributed by atoms with van der Waals surface area (Å²) in [5, 5.41) is 31.4. The largest absolute Gasteiger partial charge is 0.479 e. The van der Waals surface area contributed by atoms with Crippen LogP contribution in [0, 0.1) is 0 Å². The number of allylic oxidation sites excluding steroid dienone is 19. The van der Waals surface area contributed by atoms with Crippen LogP contribution in [0.1, 0.15) is 188 Å². The van der Waals surface area contributed by atoms with Crippen molar-refractivity contribution in [2.75, 3.05) is 13.2 Å². The Hall–Kier alpha value is -4.88. The summed E-state index contributed by atoms with van der Waals surface area (Å²) in [7, 11) is 0. The van der Waals surface area contributed by atoms with Gasteiger partial charge in [0.1, 0.15) is 18.8 Å². The maximum Gasteiger partial charge on any atom is 0.335 e. The molecule has 0 amide bonds. The second-order valence-electron chi connectivity index (χ2n) is 18.1. The van der Waals surface area contributed by atoms with Gasteiger partial charge in [-0.3, -0.25) is 14.4 Å². The van der Waals surface area contributed by atoms with Gasteiger partial charge >= 0.3 is 23.9 Å². The van der Waals surface area contributed by atoms with Gasteiger partial charge in [-0.2, -0.15) is 0 Å². The van der Waals surface area contributed by atoms with Crippen LogP contribution in [0.25, 0.3) is 0 Å². The third-order valence-electron chi connectivity index (χ3n) is 11.5. The quantitative estimate of drug-likeness (QED) is 0.0228. The molecule has 73 heavy (non-hydrogen) atoms. The van der Waals surface area contributed by atoms with E-state index in [1.54, 1.807) is 6.08 Å². The highest BCUT2D eigenvalue weighted by atomic mass is 16.7. The number of hydrogen-bond acceptors (Lipinski definition) is 11. The third-order valence-corrected chi connectivity index (χ3v) is 11.5. The van der Waals surface area contributed by atoms with E-state index >= 15 is 0 Å². The van der Waals surface area contributed by atoms with Crippen molar-refractivity contribution in [1.29, 1.82) is 0 Å². The molecular formula is C61H94O12. The van der Waals surface area contributed by atoms with Gasteiger partial charge in [0.25, 0.3) is 0 Å². The molecule has 3 N–H and O–H groups in total. The van der Waals surface area contributed by atoms with Crippen LogP contribution in [-0.4, -0.2) is 89.2 Å². The van der Waals surface area contributed by atoms with Gasteiger partial charge in [-0.25, -0.2) is 4.79 Å². The molecule has 12 nitrogen and oxygen atoms in total. The molecule has 0 spiro atoms. The smallest absolute Gasteiger partial charge is 0.335 e. The summed E-state index contributed by atoms with van der Waals surface area (Å²) in [5.41, 5.74) is 0. The van der Waals surface area contributed by atoms with E-state index < -0.39 is 67.3 Å². The number of unbranched alkanes of at least 4 members (excludes halogenated alkanes) is 11. The molecule has 0 aromatic carbocycles. The summed E-state index contributed by atoms with van der Waals surface area (Å²) in [5.74, 6) is -3.35. The summed E-state index contributed by atoms with van der Waals surface area (Å²) in [4.78, 5) is 50.9. The summed E-state index contributed by atoms with van der Waals surface area (Å²) < 4.78 is 28.2. The van der Waals surface area contributed by atoms with Crippen LogP contribution >= 0.6 is 0 Å². The summed E-state index contributed by atoms with van der Waals surface area (Å²) in [6.07, 6.45) is 53.5. The fourth-order valence-corrected chi connectivity index (χ4v) is 7.35. The number of carbonyl (C=O) groups excluding carboxylic acids is 3. The molecule has 1 heterocycles. The number of carboxylic acid groups (broad SMARTS) is 1. The molecule has 1 rings (SSSR count). The third kappa shape index (κ3) is 38.4. The molecule has 0 saturated carbocycles. The van der Waals surface area contributed by atoms with Gasteiger partial charge in [-0.15, -0.1) is 0 Å². The van der Waals surface area contributed by atoms with Crippen molar-refractivity contribution in [3.05, 3.63) is 122 Å². The van der Waals surface area contributed by atoms with Gasteiger partial charge in [0.2, 0.25) is 0 Å². The van der Waals surface area contributed by atoms with Gasteiger partial charge in [0.15, 0.2) is 24.6 Å². The van der Waals surface area contributed by atoms with Crippen LogP contribution in [0.15, 0.2) is 122 Å². The SMILES string of the molecule is CC/C=C\C/C=C\C/C=C\C/C=C\C/C=C\CC(=O)OCC(COC1OC(C(=O)O)C(O)C(O)C1OC(=O)CCCCCC/C=C\C/C=C\C/C=C\C/C=C\CC)OC(=O)CCCCCCC/C=C\CCCC. The van der Waals surface area contributed by atoms with Crippen LogP contribution in [0.5, 0.6) is 0 Å². The molecule has 1 aliphatic heterocycles. The summed E-state index contributed by atoms with van der Waals surface area (Å²) >= 11 is 0. The number of hydrogen-bond donors (Lipinski definition) is 3. The van der Waals surface area contributed by atoms with E-state index in [0.717, 1.165) is 116 Å². The number of ether oxygens (including phenoxy) is 5. The van der Waals surface area contributed by atoms with E-state index in [0.29, 0.717) is 19.3 Å². The van der Waals surface area contributed by atoms with E-state index in [4.69, 9.17) is 23.7 Å². The van der Waals surface area contributed by atoms with Crippen LogP contribution in [0.4, 0.5) is 0 Å². The number of aliphatic hydroxyl groups is 2. The minimum absolute atomic E-state index is 0.0164. The molecule has 1 saturated heterocycles. The molecule has 1 fully saturated rings. The number of aliphatic hydroxyl groups excluding tert-OH is 2. The summed E-state index contributed by atoms with van der Waals surface area (Å²) in [6, 6.07) is 0. The second kappa shape index (κ2) is 48.1. The fourth-order valence-electron chi connectivity index (χ4n) is 7.35. The molecule has 0 aliphatic carbocycles. The molecule has 6 atom stereocenters. The fraction of sp³-hybridized carbons (Fsp3) is 0.607. The highest BCUT2D eigenvalue weighted by Gasteiger charge is 2.50. The van der Waals surface area contributed by atoms with Crippen molar-refractivity contribution in [3.63, 3.8) is 0 Å². The Morgan fingerprint density at radius 1 is 0.479 bits per heavy atom. The Morgan fingerprint density at radius 2 is 0.904 bits per heavy atom. The van der Waals surface area contributed by atoms with Crippen molar-refractivity contribution in [2.45, 2.75) is 225 Å². The molecule has 0 aromatic heterocycles. The minimum atomic E-state index is -1.93. The average Bonchev–Trinajstić information content (AvgIpc) is 3.37. The van der Waals surface area contributed by atoms with Crippen LogP contribution in [0.2, 0.25) is 0 Å². The lowest BCUT2D eigenvalue weighted by atomic mass is 9.98. The van der Waals surface area contributed by atoms with E-state index in [-0.39, 0.29) is 25.9 Å². The van der Waals surface area contributed by atoms with Crippen molar-refractivity contribution < 1.29 is 58.2 Å². The molecular weight excluding hydrogens is 925 g/mol. The first kappa shape index (κ1) is 66.1. The Labute approximate surface area is 439 Å². The average molecular weight is 1020 g/mol. The predicted molar refractivity (Wildman–Crippen MR) is 293 cm³/mol. The van der Waals surface area contributed by atoms with E-state index in [1.165, 1.54) is 12.8 Å². The Kier molecular flexibility index (Phi) is 43.6. The zero-order valence-electron chi connectivity index (χ0n) is 44.8. The number of carboxylic acids is 1. The molecule has 1 aliphatic rings. The number of rotatable bonds is 44. The maximum atomic E-state index is 13.1. The molecule has 0 bridgehead atoms. The molecule has 6 unspecified atom stereocenters. The Bertz CT molecular complexity index is 1730. The zero-order chi connectivity index (χ0) is 53.3. The lowest BCUT2D eigenvalue weighted by molar-refractivity contribution is -0.301. The zero-order valence-corrected chi connectivity index (χ0v) is 44.8. The van der Waals surface area contributed by atoms with Gasteiger partial charge in [0.05, 0.1) is 13.0 Å². The lowest BCUT2D eigenvalue weighted by Gasteiger charge is -2.40. The van der Waals surface area contributed by atoms with Crippen LogP contribution in [0.3, 0.4) is 0 Å². The first-order valence-electron chi connectivity index (χ1n) is 27.5. The normalized spacial score (nSPS) is 19.3. The van der Waals surface area contributed by atoms with Crippen molar-refractivity contribution in [2.24, 2.45) is 0 Å². The highest BCUT2D eigenvalue weighted by Crippen LogP contribution is 2.26. The molecule has 0 aromatic rings. The predicted octanol–water partition coefficient (Wildman–Crippen LogP) is 13.7. The number of carbonyl (C=O) groups is 4. The van der Waals surface area contributed by atoms with Gasteiger partial charge < -0.3 is 39.0 Å². The van der Waals surface area contributed by atoms with Crippen molar-refractivity contribution in [3.8, 4) is 0 Å². The van der Waals surface area contributed by atoms with Gasteiger partial charge in [-0.1, -0.05) is 187 Å². The monoisotopic (exact) mass is 1020 g/mol. The first-order chi connectivity index (χ1) is 35.6. The van der Waals surface area contributed by atoms with Crippen LogP contribution in [-0.2, 0) is 42.9 Å². The first-order valence-corrected chi connectivity index (χ1v) is 27.5. The second-order valence-corrected chi connectivity index (χ2v) is 18.1. The number of aliphatic carboxylic acids is 1. The molecule has 0 radical (unpaired) electrons. The molecule has 410 valence electrons. The standard InChI is InChI=1S/C61H94O12/c1-4-7-10-13-16-19-22-24-26-27-29-31-34-37-40-43-46-49-55(64)72-59-57(66)56(65)58(60(67)68)73-61(59)70-51-52(71-54(63)48-45-42-39-36-32-21-18-15-12-9-6-3)50-69-53(62)47-44-41-38-35-33-30-28-25-23-20-17-14-11-8-5-2/h7-8,10-11,15-20,24-26,28-29,31,33,35,41,44,52,56-59,61,65-66H,4-6,9,12-14,21-23,27,30,32,34,36-40,42-43,45-51H2,1-3H3,(H,67,68)/b10-7-,11-8-,18-15-,19-16-,20-17-,26-24-,28-25-,31-29-,35-33-,44-41-. The topological polar surface area (TPSA) is 175 Å². The Balaban J connectivity index is 2.78. The van der Waals surface area contributed by atoms with E-state index in [2.05, 4.69) is 124 Å². The van der Waals surface area contributed by atoms with Crippen molar-refractivity contribution in [1.82, 2.24) is 0 Å². The number of esters is 3.